The molecule has 0 fully saturated rings. The highest BCUT2D eigenvalue weighted by atomic mass is 16.5. The molecule has 0 saturated carbocycles. The van der Waals surface area contributed by atoms with Crippen LogP contribution in [0.1, 0.15) is 45.4 Å². The Labute approximate surface area is 103 Å². The van der Waals surface area contributed by atoms with Gasteiger partial charge >= 0.3 is 0 Å². The molecule has 1 aliphatic heterocycles. The summed E-state index contributed by atoms with van der Waals surface area (Å²) in [5.41, 5.74) is -0.385. The fraction of sp³-hybridized carbons (Fsp3) is 0.833. The zero-order valence-electron chi connectivity index (χ0n) is 11.3. The quantitative estimate of drug-likeness (QED) is 0.866. The summed E-state index contributed by atoms with van der Waals surface area (Å²) in [5, 5.41) is 12.2. The van der Waals surface area contributed by atoms with Gasteiger partial charge in [0.1, 0.15) is 5.60 Å². The van der Waals surface area contributed by atoms with Crippen LogP contribution >= 0.6 is 0 Å². The number of fused-ring (bicyclic) bond motifs is 1. The molecule has 1 unspecified atom stereocenters. The molecular weight excluding hydrogens is 216 g/mol. The molecule has 5 heteroatoms. The van der Waals surface area contributed by atoms with E-state index in [0.717, 1.165) is 24.7 Å². The fourth-order valence-electron chi connectivity index (χ4n) is 2.26. The maximum Gasteiger partial charge on any atom is 0.164 e. The zero-order chi connectivity index (χ0) is 12.6. The van der Waals surface area contributed by atoms with Gasteiger partial charge in [0.05, 0.1) is 6.04 Å². The summed E-state index contributed by atoms with van der Waals surface area (Å²) in [5.74, 6) is 2.46. The highest BCUT2D eigenvalue weighted by Crippen LogP contribution is 2.28. The molecule has 17 heavy (non-hydrogen) atoms. The second-order valence-electron chi connectivity index (χ2n) is 5.42. The van der Waals surface area contributed by atoms with E-state index in [1.54, 1.807) is 7.11 Å². The predicted octanol–water partition coefficient (Wildman–Crippen LogP) is 1.46. The molecule has 0 amide bonds. The minimum Gasteiger partial charge on any atom is -0.371 e. The van der Waals surface area contributed by atoms with Gasteiger partial charge < -0.3 is 14.6 Å². The lowest BCUT2D eigenvalue weighted by Gasteiger charge is -2.30. The molecule has 2 rings (SSSR count). The minimum absolute atomic E-state index is 0.289. The largest absolute Gasteiger partial charge is 0.371 e. The van der Waals surface area contributed by atoms with Gasteiger partial charge in [-0.1, -0.05) is 13.8 Å². The molecule has 5 nitrogen and oxygen atoms in total. The van der Waals surface area contributed by atoms with Gasteiger partial charge in [-0.05, 0) is 19.8 Å². The molecule has 0 bridgehead atoms. The summed E-state index contributed by atoms with van der Waals surface area (Å²) < 4.78 is 7.70. The van der Waals surface area contributed by atoms with Crippen LogP contribution in [0.3, 0.4) is 0 Å². The van der Waals surface area contributed by atoms with Crippen LogP contribution in [0.15, 0.2) is 0 Å². The lowest BCUT2D eigenvalue weighted by Crippen LogP contribution is -2.38. The lowest BCUT2D eigenvalue weighted by molar-refractivity contribution is 0.00754. The maximum atomic E-state index is 5.50. The molecule has 0 radical (unpaired) electrons. The average molecular weight is 238 g/mol. The van der Waals surface area contributed by atoms with Gasteiger partial charge in [-0.2, -0.15) is 0 Å². The van der Waals surface area contributed by atoms with Crippen LogP contribution in [-0.4, -0.2) is 28.4 Å². The summed E-state index contributed by atoms with van der Waals surface area (Å²) in [4.78, 5) is 0. The summed E-state index contributed by atoms with van der Waals surface area (Å²) in [6.45, 7) is 10.3. The first-order valence-corrected chi connectivity index (χ1v) is 6.19. The normalized spacial score (nSPS) is 20.7. The standard InChI is InChI=1S/C12H22N4O/c1-8(2)9-10-14-15-11(12(3,4)17-5)16(10)7-6-13-9/h8-9,13H,6-7H2,1-5H3. The number of nitrogens with zero attached hydrogens (tertiary/aromatic N) is 3. The fourth-order valence-corrected chi connectivity index (χ4v) is 2.26. The number of nitrogens with one attached hydrogen (secondary N) is 1. The molecule has 1 aromatic heterocycles. The molecular formula is C12H22N4O. The van der Waals surface area contributed by atoms with E-state index in [1.165, 1.54) is 0 Å². The van der Waals surface area contributed by atoms with E-state index in [-0.39, 0.29) is 11.6 Å². The number of ether oxygens (including phenoxy) is 1. The van der Waals surface area contributed by atoms with Crippen LogP contribution < -0.4 is 5.32 Å². The second-order valence-corrected chi connectivity index (χ2v) is 5.42. The second kappa shape index (κ2) is 4.38. The van der Waals surface area contributed by atoms with Crippen LogP contribution in [0.5, 0.6) is 0 Å². The van der Waals surface area contributed by atoms with Crippen molar-refractivity contribution in [2.45, 2.75) is 45.9 Å². The van der Waals surface area contributed by atoms with E-state index in [2.05, 4.69) is 33.9 Å². The van der Waals surface area contributed by atoms with E-state index in [0.29, 0.717) is 5.92 Å². The Hall–Kier alpha value is -0.940. The minimum atomic E-state index is -0.385. The molecule has 0 spiro atoms. The first kappa shape index (κ1) is 12.5. The van der Waals surface area contributed by atoms with Crippen molar-refractivity contribution >= 4 is 0 Å². The molecule has 1 aliphatic rings. The van der Waals surface area contributed by atoms with Crippen LogP contribution in [0.4, 0.5) is 0 Å². The van der Waals surface area contributed by atoms with E-state index in [4.69, 9.17) is 4.74 Å². The Morgan fingerprint density at radius 3 is 2.71 bits per heavy atom. The number of aromatic nitrogens is 3. The monoisotopic (exact) mass is 238 g/mol. The molecule has 0 saturated heterocycles. The van der Waals surface area contributed by atoms with Crippen molar-refractivity contribution in [3.8, 4) is 0 Å². The van der Waals surface area contributed by atoms with Crippen molar-refractivity contribution < 1.29 is 4.74 Å². The highest BCUT2D eigenvalue weighted by Gasteiger charge is 2.33. The summed E-state index contributed by atoms with van der Waals surface area (Å²) >= 11 is 0. The van der Waals surface area contributed by atoms with Crippen LogP contribution in [0.25, 0.3) is 0 Å². The van der Waals surface area contributed by atoms with Crippen molar-refractivity contribution in [2.24, 2.45) is 5.92 Å². The van der Waals surface area contributed by atoms with E-state index in [9.17, 15) is 0 Å². The van der Waals surface area contributed by atoms with E-state index < -0.39 is 0 Å². The van der Waals surface area contributed by atoms with Gasteiger partial charge in [-0.25, -0.2) is 0 Å². The summed E-state index contributed by atoms with van der Waals surface area (Å²) in [7, 11) is 1.71. The third-order valence-corrected chi connectivity index (χ3v) is 3.47. The average Bonchev–Trinajstić information content (AvgIpc) is 2.72. The Bertz CT molecular complexity index is 397. The number of hydrogen-bond donors (Lipinski definition) is 1. The Morgan fingerprint density at radius 2 is 2.12 bits per heavy atom. The maximum absolute atomic E-state index is 5.50. The predicted molar refractivity (Wildman–Crippen MR) is 65.6 cm³/mol. The number of rotatable bonds is 3. The third-order valence-electron chi connectivity index (χ3n) is 3.47. The van der Waals surface area contributed by atoms with Gasteiger partial charge in [0, 0.05) is 20.2 Å². The summed E-state index contributed by atoms with van der Waals surface area (Å²) in [6, 6.07) is 0.289. The highest BCUT2D eigenvalue weighted by molar-refractivity contribution is 5.10. The van der Waals surface area contributed by atoms with Gasteiger partial charge in [0.25, 0.3) is 0 Å². The Kier molecular flexibility index (Phi) is 3.23. The van der Waals surface area contributed by atoms with Crippen molar-refractivity contribution in [3.05, 3.63) is 11.6 Å². The molecule has 96 valence electrons. The van der Waals surface area contributed by atoms with Crippen LogP contribution in [-0.2, 0) is 16.9 Å². The third kappa shape index (κ3) is 2.09. The van der Waals surface area contributed by atoms with Crippen LogP contribution in [0.2, 0.25) is 0 Å². The van der Waals surface area contributed by atoms with E-state index >= 15 is 0 Å². The van der Waals surface area contributed by atoms with Crippen molar-refractivity contribution in [1.29, 1.82) is 0 Å². The molecule has 1 aromatic rings. The van der Waals surface area contributed by atoms with Gasteiger partial charge in [-0.15, -0.1) is 10.2 Å². The lowest BCUT2D eigenvalue weighted by atomic mass is 10.0. The van der Waals surface area contributed by atoms with Crippen molar-refractivity contribution in [1.82, 2.24) is 20.1 Å². The molecule has 1 atom stereocenters. The van der Waals surface area contributed by atoms with Crippen molar-refractivity contribution in [3.63, 3.8) is 0 Å². The van der Waals surface area contributed by atoms with Gasteiger partial charge in [0.2, 0.25) is 0 Å². The molecule has 1 N–H and O–H groups in total. The molecule has 0 aromatic carbocycles. The molecule has 2 heterocycles. The molecule has 0 aliphatic carbocycles. The van der Waals surface area contributed by atoms with Crippen LogP contribution in [0, 0.1) is 5.92 Å². The first-order chi connectivity index (χ1) is 7.97. The number of hydrogen-bond acceptors (Lipinski definition) is 4. The van der Waals surface area contributed by atoms with Gasteiger partial charge in [0.15, 0.2) is 11.6 Å². The van der Waals surface area contributed by atoms with Crippen molar-refractivity contribution in [2.75, 3.05) is 13.7 Å². The van der Waals surface area contributed by atoms with E-state index in [1.807, 2.05) is 13.8 Å². The Morgan fingerprint density at radius 1 is 1.41 bits per heavy atom. The number of methoxy groups -OCH3 is 1. The Balaban J connectivity index is 2.41. The van der Waals surface area contributed by atoms with Gasteiger partial charge in [-0.3, -0.25) is 0 Å². The smallest absolute Gasteiger partial charge is 0.164 e. The zero-order valence-corrected chi connectivity index (χ0v) is 11.3. The SMILES string of the molecule is COC(C)(C)c1nnc2n1CCNC2C(C)C. The summed E-state index contributed by atoms with van der Waals surface area (Å²) in [6.07, 6.45) is 0. The first-order valence-electron chi connectivity index (χ1n) is 6.19. The topological polar surface area (TPSA) is 52.0 Å².